The molecule has 1 heterocycles. The number of rotatable bonds is 5. The Kier molecular flexibility index (Phi) is 7.35. The van der Waals surface area contributed by atoms with Crippen LogP contribution in [-0.4, -0.2) is 30.9 Å². The second-order valence-electron chi connectivity index (χ2n) is 5.80. The summed E-state index contributed by atoms with van der Waals surface area (Å²) in [6.07, 6.45) is -2.15. The molecule has 0 spiro atoms. The maximum absolute atomic E-state index is 12.9. The van der Waals surface area contributed by atoms with Gasteiger partial charge in [0.2, 0.25) is 5.91 Å². The van der Waals surface area contributed by atoms with Gasteiger partial charge in [-0.1, -0.05) is 18.2 Å². The Labute approximate surface area is 140 Å². The van der Waals surface area contributed by atoms with E-state index in [1.54, 1.807) is 13.1 Å². The summed E-state index contributed by atoms with van der Waals surface area (Å²) in [7, 11) is 1.56. The molecule has 2 rings (SSSR count). The lowest BCUT2D eigenvalue weighted by atomic mass is 10.0. The fourth-order valence-electron chi connectivity index (χ4n) is 2.76. The van der Waals surface area contributed by atoms with Gasteiger partial charge in [-0.2, -0.15) is 13.2 Å². The molecule has 1 atom stereocenters. The molecule has 7 heteroatoms. The fraction of sp³-hybridized carbons (Fsp3) is 0.562. The van der Waals surface area contributed by atoms with E-state index in [4.69, 9.17) is 0 Å². The van der Waals surface area contributed by atoms with Crippen molar-refractivity contribution in [2.24, 2.45) is 5.92 Å². The zero-order valence-electron chi connectivity index (χ0n) is 13.0. The molecule has 1 aliphatic heterocycles. The van der Waals surface area contributed by atoms with E-state index in [1.807, 2.05) is 0 Å². The molecule has 1 unspecified atom stereocenters. The van der Waals surface area contributed by atoms with Crippen LogP contribution in [-0.2, 0) is 17.5 Å². The first-order chi connectivity index (χ1) is 10.4. The van der Waals surface area contributed by atoms with Crippen LogP contribution in [0.5, 0.6) is 0 Å². The SMILES string of the molecule is CN(Cc1ccccc1C(F)(F)F)C(=O)CCC1CCNC1.Cl. The third-order valence-corrected chi connectivity index (χ3v) is 4.08. The Morgan fingerprint density at radius 1 is 1.35 bits per heavy atom. The molecular weight excluding hydrogens is 329 g/mol. The summed E-state index contributed by atoms with van der Waals surface area (Å²) < 4.78 is 38.8. The van der Waals surface area contributed by atoms with E-state index >= 15 is 0 Å². The molecule has 1 fully saturated rings. The van der Waals surface area contributed by atoms with E-state index in [-0.39, 0.29) is 30.4 Å². The number of alkyl halides is 3. The molecule has 1 N–H and O–H groups in total. The van der Waals surface area contributed by atoms with E-state index < -0.39 is 11.7 Å². The summed E-state index contributed by atoms with van der Waals surface area (Å²) in [5.41, 5.74) is -0.539. The van der Waals surface area contributed by atoms with Crippen molar-refractivity contribution in [1.82, 2.24) is 10.2 Å². The minimum Gasteiger partial charge on any atom is -0.341 e. The van der Waals surface area contributed by atoms with Crippen LogP contribution in [0.15, 0.2) is 24.3 Å². The summed E-state index contributed by atoms with van der Waals surface area (Å²) in [6, 6.07) is 5.40. The van der Waals surface area contributed by atoms with Crippen molar-refractivity contribution in [3.8, 4) is 0 Å². The van der Waals surface area contributed by atoms with Crippen molar-refractivity contribution in [1.29, 1.82) is 0 Å². The topological polar surface area (TPSA) is 32.3 Å². The Balaban J connectivity index is 0.00000264. The Hall–Kier alpha value is -1.27. The van der Waals surface area contributed by atoms with Gasteiger partial charge >= 0.3 is 6.18 Å². The van der Waals surface area contributed by atoms with Gasteiger partial charge < -0.3 is 10.2 Å². The zero-order valence-corrected chi connectivity index (χ0v) is 13.8. The summed E-state index contributed by atoms with van der Waals surface area (Å²) in [6.45, 7) is 1.89. The highest BCUT2D eigenvalue weighted by Crippen LogP contribution is 2.32. The van der Waals surface area contributed by atoms with Crippen LogP contribution in [0.1, 0.15) is 30.4 Å². The van der Waals surface area contributed by atoms with Gasteiger partial charge in [-0.3, -0.25) is 4.79 Å². The summed E-state index contributed by atoms with van der Waals surface area (Å²) >= 11 is 0. The van der Waals surface area contributed by atoms with E-state index in [0.717, 1.165) is 32.0 Å². The van der Waals surface area contributed by atoms with Crippen molar-refractivity contribution in [2.45, 2.75) is 32.0 Å². The van der Waals surface area contributed by atoms with Crippen molar-refractivity contribution in [2.75, 3.05) is 20.1 Å². The molecule has 1 aromatic carbocycles. The molecule has 0 aromatic heterocycles. The largest absolute Gasteiger partial charge is 0.416 e. The number of nitrogens with zero attached hydrogens (tertiary/aromatic N) is 1. The first kappa shape index (κ1) is 19.8. The molecule has 0 saturated carbocycles. The Morgan fingerprint density at radius 2 is 2.04 bits per heavy atom. The van der Waals surface area contributed by atoms with Gasteiger partial charge in [0.15, 0.2) is 0 Å². The highest BCUT2D eigenvalue weighted by atomic mass is 35.5. The number of amides is 1. The molecule has 1 amide bonds. The number of carbonyl (C=O) groups is 1. The lowest BCUT2D eigenvalue weighted by molar-refractivity contribution is -0.139. The maximum Gasteiger partial charge on any atom is 0.416 e. The van der Waals surface area contributed by atoms with Crippen LogP contribution in [0.2, 0.25) is 0 Å². The molecule has 0 radical (unpaired) electrons. The number of benzene rings is 1. The van der Waals surface area contributed by atoms with Crippen LogP contribution < -0.4 is 5.32 Å². The molecule has 3 nitrogen and oxygen atoms in total. The van der Waals surface area contributed by atoms with Gasteiger partial charge in [0.05, 0.1) is 5.56 Å². The quantitative estimate of drug-likeness (QED) is 0.881. The zero-order chi connectivity index (χ0) is 16.2. The molecule has 23 heavy (non-hydrogen) atoms. The lowest BCUT2D eigenvalue weighted by Gasteiger charge is -2.21. The molecule has 1 aliphatic rings. The molecule has 1 aromatic rings. The summed E-state index contributed by atoms with van der Waals surface area (Å²) in [5, 5.41) is 3.24. The van der Waals surface area contributed by atoms with Crippen molar-refractivity contribution in [3.63, 3.8) is 0 Å². The lowest BCUT2D eigenvalue weighted by Crippen LogP contribution is -2.27. The Bertz CT molecular complexity index is 516. The molecule has 0 aliphatic carbocycles. The maximum atomic E-state index is 12.9. The van der Waals surface area contributed by atoms with E-state index in [0.29, 0.717) is 12.3 Å². The first-order valence-corrected chi connectivity index (χ1v) is 7.47. The number of carbonyl (C=O) groups excluding carboxylic acids is 1. The van der Waals surface area contributed by atoms with Gasteiger partial charge in [-0.15, -0.1) is 12.4 Å². The number of hydrogen-bond acceptors (Lipinski definition) is 2. The van der Waals surface area contributed by atoms with E-state index in [1.165, 1.54) is 17.0 Å². The van der Waals surface area contributed by atoms with Crippen LogP contribution >= 0.6 is 12.4 Å². The van der Waals surface area contributed by atoms with Crippen molar-refractivity contribution >= 4 is 18.3 Å². The summed E-state index contributed by atoms with van der Waals surface area (Å²) in [5.74, 6) is 0.392. The number of nitrogens with one attached hydrogen (secondary N) is 1. The average molecular weight is 351 g/mol. The van der Waals surface area contributed by atoms with Gasteiger partial charge in [-0.25, -0.2) is 0 Å². The normalized spacial score (nSPS) is 17.7. The minimum absolute atomic E-state index is 0. The third-order valence-electron chi connectivity index (χ3n) is 4.08. The fourth-order valence-corrected chi connectivity index (χ4v) is 2.76. The predicted octanol–water partition coefficient (Wildman–Crippen LogP) is 3.48. The highest BCUT2D eigenvalue weighted by Gasteiger charge is 2.33. The third kappa shape index (κ3) is 5.70. The molecule has 130 valence electrons. The smallest absolute Gasteiger partial charge is 0.341 e. The van der Waals surface area contributed by atoms with E-state index in [9.17, 15) is 18.0 Å². The van der Waals surface area contributed by atoms with Crippen LogP contribution in [0.3, 0.4) is 0 Å². The van der Waals surface area contributed by atoms with Crippen LogP contribution in [0, 0.1) is 5.92 Å². The minimum atomic E-state index is -4.39. The van der Waals surface area contributed by atoms with Gasteiger partial charge in [0.25, 0.3) is 0 Å². The summed E-state index contributed by atoms with van der Waals surface area (Å²) in [4.78, 5) is 13.5. The average Bonchev–Trinajstić information content (AvgIpc) is 2.97. The predicted molar refractivity (Wildman–Crippen MR) is 85.4 cm³/mol. The number of halogens is 4. The highest BCUT2D eigenvalue weighted by molar-refractivity contribution is 5.85. The monoisotopic (exact) mass is 350 g/mol. The number of hydrogen-bond donors (Lipinski definition) is 1. The second kappa shape index (κ2) is 8.55. The van der Waals surface area contributed by atoms with Crippen molar-refractivity contribution in [3.05, 3.63) is 35.4 Å². The van der Waals surface area contributed by atoms with Crippen LogP contribution in [0.4, 0.5) is 13.2 Å². The molecule has 0 bridgehead atoms. The van der Waals surface area contributed by atoms with E-state index in [2.05, 4.69) is 5.32 Å². The second-order valence-corrected chi connectivity index (χ2v) is 5.80. The molecular formula is C16H22ClF3N2O. The first-order valence-electron chi connectivity index (χ1n) is 7.47. The molecule has 1 saturated heterocycles. The van der Waals surface area contributed by atoms with Crippen molar-refractivity contribution < 1.29 is 18.0 Å². The Morgan fingerprint density at radius 3 is 2.65 bits per heavy atom. The van der Waals surface area contributed by atoms with Gasteiger partial charge in [-0.05, 0) is 43.5 Å². The van der Waals surface area contributed by atoms with Gasteiger partial charge in [0.1, 0.15) is 0 Å². The van der Waals surface area contributed by atoms with Crippen LogP contribution in [0.25, 0.3) is 0 Å². The van der Waals surface area contributed by atoms with Gasteiger partial charge in [0, 0.05) is 20.0 Å². The standard InChI is InChI=1S/C16H21F3N2O.ClH/c1-21(15(22)7-6-12-8-9-20-10-12)11-13-4-2-3-5-14(13)16(17,18)19;/h2-5,12,20H,6-11H2,1H3;1H.